The van der Waals surface area contributed by atoms with Crippen LogP contribution in [0.1, 0.15) is 26.7 Å². The van der Waals surface area contributed by atoms with Gasteiger partial charge in [-0.3, -0.25) is 0 Å². The number of hydrogen-bond donors (Lipinski definition) is 2. The Morgan fingerprint density at radius 2 is 2.25 bits per heavy atom. The van der Waals surface area contributed by atoms with Crippen LogP contribution in [0.5, 0.6) is 0 Å². The maximum absolute atomic E-state index is 9.14. The van der Waals surface area contributed by atoms with Gasteiger partial charge in [-0.25, -0.2) is 0 Å². The second kappa shape index (κ2) is 6.06. The molecule has 0 saturated carbocycles. The van der Waals surface area contributed by atoms with Crippen molar-refractivity contribution in [3.63, 3.8) is 0 Å². The molecule has 0 amide bonds. The lowest BCUT2D eigenvalue weighted by Gasteiger charge is -2.38. The van der Waals surface area contributed by atoms with Gasteiger partial charge in [0, 0.05) is 6.42 Å². The van der Waals surface area contributed by atoms with E-state index < -0.39 is 0 Å². The number of oxime groups is 1. The summed E-state index contributed by atoms with van der Waals surface area (Å²) in [6.45, 7) is 5.78. The molecule has 3 N–H and O–H groups in total. The molecule has 0 radical (unpaired) electrons. The van der Waals surface area contributed by atoms with Gasteiger partial charge in [0.2, 0.25) is 0 Å². The van der Waals surface area contributed by atoms with Crippen LogP contribution in [0.25, 0.3) is 0 Å². The molecule has 1 rings (SSSR count). The highest BCUT2D eigenvalue weighted by Crippen LogP contribution is 2.26. The third-order valence-corrected chi connectivity index (χ3v) is 2.68. The molecule has 0 atom stereocenters. The van der Waals surface area contributed by atoms with Gasteiger partial charge in [0.1, 0.15) is 12.4 Å². The van der Waals surface area contributed by atoms with Gasteiger partial charge in [-0.05, 0) is 12.3 Å². The Bertz CT molecular complexity index is 232. The number of amidine groups is 1. The molecular weight excluding hydrogens is 208 g/mol. The van der Waals surface area contributed by atoms with Crippen molar-refractivity contribution in [2.45, 2.75) is 26.7 Å². The van der Waals surface area contributed by atoms with Crippen LogP contribution in [0.3, 0.4) is 0 Å². The van der Waals surface area contributed by atoms with Crippen LogP contribution < -0.4 is 5.73 Å². The van der Waals surface area contributed by atoms with E-state index in [4.69, 9.17) is 20.4 Å². The van der Waals surface area contributed by atoms with E-state index in [2.05, 4.69) is 19.0 Å². The predicted molar refractivity (Wildman–Crippen MR) is 62.0 cm³/mol. The Labute approximate surface area is 96.6 Å². The lowest BCUT2D eigenvalue weighted by Crippen LogP contribution is -2.48. The predicted octanol–water partition coefficient (Wildman–Crippen LogP) is 0.720. The van der Waals surface area contributed by atoms with Crippen molar-refractivity contribution in [3.05, 3.63) is 0 Å². The van der Waals surface area contributed by atoms with E-state index in [1.807, 2.05) is 0 Å². The van der Waals surface area contributed by atoms with E-state index in [1.54, 1.807) is 0 Å². The van der Waals surface area contributed by atoms with E-state index in [9.17, 15) is 0 Å². The first-order valence-corrected chi connectivity index (χ1v) is 5.71. The normalized spacial score (nSPS) is 19.6. The summed E-state index contributed by atoms with van der Waals surface area (Å²) in [5.74, 6) is 1.12. The molecule has 0 aromatic heterocycles. The lowest BCUT2D eigenvalue weighted by molar-refractivity contribution is -0.168. The van der Waals surface area contributed by atoms with Crippen LogP contribution in [0.15, 0.2) is 5.16 Å². The third-order valence-electron chi connectivity index (χ3n) is 2.68. The van der Waals surface area contributed by atoms with Crippen LogP contribution in [0, 0.1) is 11.3 Å². The highest BCUT2D eigenvalue weighted by molar-refractivity contribution is 5.79. The minimum Gasteiger partial charge on any atom is -0.395 e. The first-order chi connectivity index (χ1) is 7.58. The third kappa shape index (κ3) is 3.98. The largest absolute Gasteiger partial charge is 0.395 e. The molecule has 1 aliphatic heterocycles. The molecule has 1 heterocycles. The van der Waals surface area contributed by atoms with Gasteiger partial charge in [-0.2, -0.15) is 0 Å². The second-order valence-corrected chi connectivity index (χ2v) is 4.94. The highest BCUT2D eigenvalue weighted by Gasteiger charge is 2.39. The Hall–Kier alpha value is -0.810. The van der Waals surface area contributed by atoms with Gasteiger partial charge in [0.25, 0.3) is 0 Å². The Kier molecular flexibility index (Phi) is 5.02. The first-order valence-electron chi connectivity index (χ1n) is 5.71. The molecular formula is C11H22N2O3. The summed E-state index contributed by atoms with van der Waals surface area (Å²) in [6, 6.07) is 0. The standard InChI is InChI=1S/C11H22N2O3/c1-9(2)3-4-10(12)13-16-8-11(5-14)6-15-7-11/h9,14H,3-8H2,1-2H3,(H2,12,13). The minimum absolute atomic E-state index is 0.0639. The van der Waals surface area contributed by atoms with Crippen molar-refractivity contribution in [2.24, 2.45) is 22.2 Å². The summed E-state index contributed by atoms with van der Waals surface area (Å²) in [4.78, 5) is 5.15. The fourth-order valence-corrected chi connectivity index (χ4v) is 1.35. The van der Waals surface area contributed by atoms with Crippen LogP contribution >= 0.6 is 0 Å². The van der Waals surface area contributed by atoms with Gasteiger partial charge in [-0.1, -0.05) is 19.0 Å². The van der Waals surface area contributed by atoms with Crippen molar-refractivity contribution in [1.82, 2.24) is 0 Å². The first kappa shape index (κ1) is 13.3. The molecule has 0 spiro atoms. The summed E-state index contributed by atoms with van der Waals surface area (Å²) >= 11 is 0. The number of nitrogens with zero attached hydrogens (tertiary/aromatic N) is 1. The van der Waals surface area contributed by atoms with Gasteiger partial charge in [-0.15, -0.1) is 0 Å². The van der Waals surface area contributed by atoms with Crippen LogP contribution in [0.2, 0.25) is 0 Å². The monoisotopic (exact) mass is 230 g/mol. The van der Waals surface area contributed by atoms with Gasteiger partial charge in [0.05, 0.1) is 25.2 Å². The Balaban J connectivity index is 2.19. The van der Waals surface area contributed by atoms with Crippen LogP contribution in [-0.4, -0.2) is 37.4 Å². The molecule has 0 aliphatic carbocycles. The topological polar surface area (TPSA) is 77.1 Å². The van der Waals surface area contributed by atoms with E-state index in [-0.39, 0.29) is 12.0 Å². The number of ether oxygens (including phenoxy) is 1. The number of aliphatic hydroxyl groups excluding tert-OH is 1. The molecule has 0 bridgehead atoms. The number of aliphatic hydroxyl groups is 1. The van der Waals surface area contributed by atoms with Crippen LogP contribution in [-0.2, 0) is 9.57 Å². The zero-order chi connectivity index (χ0) is 12.0. The average Bonchev–Trinajstić information content (AvgIpc) is 2.19. The van der Waals surface area contributed by atoms with Crippen molar-refractivity contribution < 1.29 is 14.7 Å². The van der Waals surface area contributed by atoms with E-state index in [1.165, 1.54) is 0 Å². The molecule has 1 fully saturated rings. The lowest BCUT2D eigenvalue weighted by atomic mass is 9.88. The Morgan fingerprint density at radius 1 is 1.56 bits per heavy atom. The van der Waals surface area contributed by atoms with E-state index in [0.29, 0.717) is 31.6 Å². The zero-order valence-corrected chi connectivity index (χ0v) is 10.1. The SMILES string of the molecule is CC(C)CCC(N)=NOCC1(CO)COC1. The summed E-state index contributed by atoms with van der Waals surface area (Å²) in [5, 5.41) is 13.0. The van der Waals surface area contributed by atoms with Gasteiger partial charge in [0.15, 0.2) is 0 Å². The summed E-state index contributed by atoms with van der Waals surface area (Å²) in [7, 11) is 0. The zero-order valence-electron chi connectivity index (χ0n) is 10.1. The fourth-order valence-electron chi connectivity index (χ4n) is 1.35. The minimum atomic E-state index is -0.262. The average molecular weight is 230 g/mol. The van der Waals surface area contributed by atoms with E-state index in [0.717, 1.165) is 12.8 Å². The molecule has 1 saturated heterocycles. The number of nitrogens with two attached hydrogens (primary N) is 1. The van der Waals surface area contributed by atoms with Crippen molar-refractivity contribution in [3.8, 4) is 0 Å². The highest BCUT2D eigenvalue weighted by atomic mass is 16.6. The van der Waals surface area contributed by atoms with Gasteiger partial charge < -0.3 is 20.4 Å². The fraction of sp³-hybridized carbons (Fsp3) is 0.909. The molecule has 0 aromatic rings. The number of rotatable bonds is 7. The second-order valence-electron chi connectivity index (χ2n) is 4.94. The number of hydrogen-bond acceptors (Lipinski definition) is 4. The summed E-state index contributed by atoms with van der Waals surface area (Å²) in [6.07, 6.45) is 1.76. The quantitative estimate of drug-likeness (QED) is 0.384. The maximum atomic E-state index is 9.14. The molecule has 16 heavy (non-hydrogen) atoms. The molecule has 5 heteroatoms. The maximum Gasteiger partial charge on any atom is 0.139 e. The molecule has 94 valence electrons. The van der Waals surface area contributed by atoms with E-state index >= 15 is 0 Å². The molecule has 5 nitrogen and oxygen atoms in total. The van der Waals surface area contributed by atoms with Crippen molar-refractivity contribution >= 4 is 5.84 Å². The summed E-state index contributed by atoms with van der Waals surface area (Å²) < 4.78 is 5.05. The van der Waals surface area contributed by atoms with Crippen LogP contribution in [0.4, 0.5) is 0 Å². The summed E-state index contributed by atoms with van der Waals surface area (Å²) in [5.41, 5.74) is 5.42. The smallest absolute Gasteiger partial charge is 0.139 e. The molecule has 1 aliphatic rings. The molecule has 0 aromatic carbocycles. The van der Waals surface area contributed by atoms with Gasteiger partial charge >= 0.3 is 0 Å². The Morgan fingerprint density at radius 3 is 2.69 bits per heavy atom. The van der Waals surface area contributed by atoms with Crippen molar-refractivity contribution in [1.29, 1.82) is 0 Å². The van der Waals surface area contributed by atoms with Crippen molar-refractivity contribution in [2.75, 3.05) is 26.4 Å². The molecule has 0 unspecified atom stereocenters.